The molecule has 120 valence electrons. The van der Waals surface area contributed by atoms with Crippen molar-refractivity contribution in [2.45, 2.75) is 13.3 Å². The minimum Gasteiger partial charge on any atom is -0.457 e. The van der Waals surface area contributed by atoms with Crippen molar-refractivity contribution in [3.05, 3.63) is 64.9 Å². The Hall–Kier alpha value is -3.08. The highest BCUT2D eigenvalue weighted by atomic mass is 16.6. The molecule has 0 saturated carbocycles. The molecule has 0 bridgehead atoms. The zero-order valence-corrected chi connectivity index (χ0v) is 13.1. The van der Waals surface area contributed by atoms with Crippen molar-refractivity contribution < 1.29 is 19.1 Å². The van der Waals surface area contributed by atoms with Crippen molar-refractivity contribution in [3.8, 4) is 11.5 Å². The van der Waals surface area contributed by atoms with Gasteiger partial charge in [0.2, 0.25) is 0 Å². The minimum absolute atomic E-state index is 0.0546. The number of nitrogens with zero attached hydrogens (tertiary/aromatic N) is 1. The third-order valence-electron chi connectivity index (χ3n) is 4.15. The maximum Gasteiger partial charge on any atom is 0.422 e. The quantitative estimate of drug-likeness (QED) is 0.675. The van der Waals surface area contributed by atoms with Gasteiger partial charge in [-0.3, -0.25) is 4.79 Å². The second kappa shape index (κ2) is 5.53. The van der Waals surface area contributed by atoms with Gasteiger partial charge in [-0.15, -0.1) is 0 Å². The minimum atomic E-state index is -0.621. The lowest BCUT2D eigenvalue weighted by atomic mass is 9.98. The Morgan fingerprint density at radius 1 is 1.04 bits per heavy atom. The molecular weight excluding hydrogens is 306 g/mol. The van der Waals surface area contributed by atoms with Crippen LogP contribution in [0.1, 0.15) is 23.6 Å². The fraction of sp³-hybridized carbons (Fsp3) is 0.158. The summed E-state index contributed by atoms with van der Waals surface area (Å²) in [5.74, 6) is 1.33. The van der Waals surface area contributed by atoms with Gasteiger partial charge >= 0.3 is 6.09 Å². The van der Waals surface area contributed by atoms with E-state index >= 15 is 0 Å². The van der Waals surface area contributed by atoms with E-state index < -0.39 is 12.0 Å². The molecular formula is C19H15NO4. The zero-order valence-electron chi connectivity index (χ0n) is 13.1. The number of imide groups is 1. The van der Waals surface area contributed by atoms with Crippen LogP contribution in [0.2, 0.25) is 0 Å². The largest absolute Gasteiger partial charge is 0.457 e. The summed E-state index contributed by atoms with van der Waals surface area (Å²) in [5.41, 5.74) is 2.95. The summed E-state index contributed by atoms with van der Waals surface area (Å²) in [6.45, 7) is 2.03. The predicted molar refractivity (Wildman–Crippen MR) is 87.6 cm³/mol. The first-order valence-electron chi connectivity index (χ1n) is 7.80. The molecule has 2 aliphatic heterocycles. The maximum atomic E-state index is 12.1. The Morgan fingerprint density at radius 3 is 2.62 bits per heavy atom. The molecule has 5 heteroatoms. The molecule has 0 atom stereocenters. The second-order valence-corrected chi connectivity index (χ2v) is 5.68. The van der Waals surface area contributed by atoms with Crippen LogP contribution < -0.4 is 4.74 Å². The first-order chi connectivity index (χ1) is 11.7. The van der Waals surface area contributed by atoms with Crippen molar-refractivity contribution >= 4 is 18.1 Å². The number of amides is 2. The molecule has 0 aliphatic carbocycles. The summed E-state index contributed by atoms with van der Waals surface area (Å²) in [6.07, 6.45) is 1.73. The molecule has 0 N–H and O–H groups in total. The van der Waals surface area contributed by atoms with Gasteiger partial charge in [-0.1, -0.05) is 24.3 Å². The molecule has 24 heavy (non-hydrogen) atoms. The fourth-order valence-electron chi connectivity index (χ4n) is 2.92. The topological polar surface area (TPSA) is 55.8 Å². The van der Waals surface area contributed by atoms with Crippen LogP contribution in [0.3, 0.4) is 0 Å². The van der Waals surface area contributed by atoms with Crippen LogP contribution in [0.5, 0.6) is 11.5 Å². The molecule has 1 fully saturated rings. The van der Waals surface area contributed by atoms with Crippen LogP contribution in [0, 0.1) is 0 Å². The van der Waals surface area contributed by atoms with Crippen molar-refractivity contribution in [1.82, 2.24) is 4.90 Å². The first kappa shape index (κ1) is 14.5. The Balaban J connectivity index is 1.65. The second-order valence-electron chi connectivity index (χ2n) is 5.68. The smallest absolute Gasteiger partial charge is 0.422 e. The van der Waals surface area contributed by atoms with Crippen molar-refractivity contribution in [2.75, 3.05) is 6.54 Å². The van der Waals surface area contributed by atoms with E-state index in [2.05, 4.69) is 0 Å². The Bertz CT molecular complexity index is 885. The summed E-state index contributed by atoms with van der Waals surface area (Å²) >= 11 is 0. The zero-order chi connectivity index (χ0) is 16.7. The highest BCUT2D eigenvalue weighted by Gasteiger charge is 2.35. The molecule has 1 saturated heterocycles. The van der Waals surface area contributed by atoms with Gasteiger partial charge in [0.15, 0.2) is 5.76 Å². The Labute approximate surface area is 139 Å². The van der Waals surface area contributed by atoms with Gasteiger partial charge < -0.3 is 9.47 Å². The number of rotatable bonds is 2. The van der Waals surface area contributed by atoms with E-state index in [0.29, 0.717) is 6.54 Å². The highest BCUT2D eigenvalue weighted by molar-refractivity contribution is 6.09. The number of para-hydroxylation sites is 1. The van der Waals surface area contributed by atoms with Crippen LogP contribution in [0.15, 0.2) is 48.2 Å². The molecule has 2 aliphatic rings. The summed E-state index contributed by atoms with van der Waals surface area (Å²) in [4.78, 5) is 24.8. The van der Waals surface area contributed by atoms with E-state index in [4.69, 9.17) is 9.47 Å². The normalized spacial score (nSPS) is 17.4. The Morgan fingerprint density at radius 2 is 1.83 bits per heavy atom. The maximum absolute atomic E-state index is 12.1. The molecule has 0 unspecified atom stereocenters. The summed E-state index contributed by atoms with van der Waals surface area (Å²) < 4.78 is 10.9. The molecule has 4 rings (SSSR count). The predicted octanol–water partition coefficient (Wildman–Crippen LogP) is 3.72. The summed E-state index contributed by atoms with van der Waals surface area (Å²) in [6, 6.07) is 13.6. The van der Waals surface area contributed by atoms with Crippen LogP contribution in [-0.2, 0) is 16.0 Å². The van der Waals surface area contributed by atoms with E-state index in [9.17, 15) is 9.59 Å². The molecule has 0 spiro atoms. The lowest BCUT2D eigenvalue weighted by Gasteiger charge is -2.20. The number of likely N-dealkylation sites (N-methyl/N-ethyl adjacent to an activating group) is 1. The van der Waals surface area contributed by atoms with E-state index in [-0.39, 0.29) is 5.76 Å². The fourth-order valence-corrected chi connectivity index (χ4v) is 2.92. The molecule has 2 aromatic rings. The van der Waals surface area contributed by atoms with Gasteiger partial charge in [-0.05, 0) is 47.9 Å². The number of cyclic esters (lactones) is 1. The number of fused-ring (bicyclic) bond motifs is 2. The van der Waals surface area contributed by atoms with Gasteiger partial charge in [0.1, 0.15) is 11.5 Å². The van der Waals surface area contributed by atoms with E-state index in [1.807, 2.05) is 42.5 Å². The summed E-state index contributed by atoms with van der Waals surface area (Å²) in [7, 11) is 0. The monoisotopic (exact) mass is 321 g/mol. The van der Waals surface area contributed by atoms with E-state index in [1.165, 1.54) is 0 Å². The van der Waals surface area contributed by atoms with Gasteiger partial charge in [0.25, 0.3) is 5.91 Å². The Kier molecular flexibility index (Phi) is 3.34. The van der Waals surface area contributed by atoms with Gasteiger partial charge in [-0.25, -0.2) is 9.69 Å². The van der Waals surface area contributed by atoms with E-state index in [0.717, 1.165) is 39.5 Å². The molecule has 0 aromatic heterocycles. The standard InChI is InChI=1S/C19H15NO4/c1-2-20-18(21)17(24-19(20)22)10-12-7-8-16-14(9-12)11-13-5-3-4-6-15(13)23-16/h3-10H,2,11H2,1H3. The van der Waals surface area contributed by atoms with Crippen molar-refractivity contribution in [1.29, 1.82) is 0 Å². The first-order valence-corrected chi connectivity index (χ1v) is 7.80. The van der Waals surface area contributed by atoms with Gasteiger partial charge in [0.05, 0.1) is 0 Å². The molecule has 5 nitrogen and oxygen atoms in total. The van der Waals surface area contributed by atoms with Gasteiger partial charge in [0, 0.05) is 13.0 Å². The van der Waals surface area contributed by atoms with Crippen LogP contribution in [0.4, 0.5) is 4.79 Å². The number of carbonyl (C=O) groups is 2. The van der Waals surface area contributed by atoms with Crippen molar-refractivity contribution in [3.63, 3.8) is 0 Å². The number of ether oxygens (including phenoxy) is 2. The van der Waals surface area contributed by atoms with E-state index in [1.54, 1.807) is 13.0 Å². The lowest BCUT2D eigenvalue weighted by molar-refractivity contribution is -0.123. The average Bonchev–Trinajstić information content (AvgIpc) is 2.86. The van der Waals surface area contributed by atoms with Gasteiger partial charge in [-0.2, -0.15) is 0 Å². The lowest BCUT2D eigenvalue weighted by Crippen LogP contribution is -2.28. The van der Waals surface area contributed by atoms with Crippen LogP contribution in [0.25, 0.3) is 6.08 Å². The van der Waals surface area contributed by atoms with Crippen molar-refractivity contribution in [2.24, 2.45) is 0 Å². The van der Waals surface area contributed by atoms with Crippen LogP contribution >= 0.6 is 0 Å². The molecule has 2 amide bonds. The van der Waals surface area contributed by atoms with Crippen LogP contribution in [-0.4, -0.2) is 23.4 Å². The number of hydrogen-bond donors (Lipinski definition) is 0. The summed E-state index contributed by atoms with van der Waals surface area (Å²) in [5, 5.41) is 0. The SMILES string of the molecule is CCN1C(=O)OC(=Cc2ccc3c(c2)Cc2ccccc2O3)C1=O. The number of carbonyl (C=O) groups excluding carboxylic acids is 2. The average molecular weight is 321 g/mol. The third-order valence-corrected chi connectivity index (χ3v) is 4.15. The molecule has 0 radical (unpaired) electrons. The number of hydrogen-bond acceptors (Lipinski definition) is 4. The number of benzene rings is 2. The third kappa shape index (κ3) is 2.34. The molecule has 2 aromatic carbocycles. The molecule has 2 heterocycles. The highest BCUT2D eigenvalue weighted by Crippen LogP contribution is 2.37.